The molecular formula is C12H12N4O3S. The number of hydrogen-bond acceptors (Lipinski definition) is 8. The molecule has 20 heavy (non-hydrogen) atoms. The predicted octanol–water partition coefficient (Wildman–Crippen LogP) is 1.63. The summed E-state index contributed by atoms with van der Waals surface area (Å²) in [5, 5.41) is 16.8. The molecular weight excluding hydrogens is 280 g/mol. The van der Waals surface area contributed by atoms with Crippen LogP contribution in [0, 0.1) is 18.3 Å². The Kier molecular flexibility index (Phi) is 3.71. The van der Waals surface area contributed by atoms with Crippen molar-refractivity contribution in [3.8, 4) is 6.07 Å². The van der Waals surface area contributed by atoms with Gasteiger partial charge in [0.1, 0.15) is 23.4 Å². The quantitative estimate of drug-likeness (QED) is 0.841. The molecule has 0 N–H and O–H groups in total. The number of aryl methyl sites for hydroxylation is 1. The third kappa shape index (κ3) is 2.55. The van der Waals surface area contributed by atoms with E-state index in [0.717, 1.165) is 11.5 Å². The molecule has 0 radical (unpaired) electrons. The van der Waals surface area contributed by atoms with E-state index in [4.69, 9.17) is 19.0 Å². The normalized spacial score (nSPS) is 18.9. The first-order valence-electron chi connectivity index (χ1n) is 6.15. The number of aromatic nitrogens is 3. The Labute approximate surface area is 119 Å². The standard InChI is InChI=1S/C12H12N4O3S/c1-7-8(5-13)9(15-18-7)4-11-14-12(16-19-11)10-6-20-3-2-17-10/h10H,2-4,6H2,1H3. The Balaban J connectivity index is 1.75. The minimum atomic E-state index is -0.124. The largest absolute Gasteiger partial charge is 0.368 e. The maximum absolute atomic E-state index is 9.04. The number of ether oxygens (including phenoxy) is 1. The molecule has 1 aliphatic heterocycles. The van der Waals surface area contributed by atoms with Crippen LogP contribution in [0.1, 0.15) is 34.8 Å². The zero-order valence-electron chi connectivity index (χ0n) is 10.8. The number of thioether (sulfide) groups is 1. The van der Waals surface area contributed by atoms with Crippen molar-refractivity contribution in [2.24, 2.45) is 0 Å². The summed E-state index contributed by atoms with van der Waals surface area (Å²) >= 11 is 1.80. The van der Waals surface area contributed by atoms with Gasteiger partial charge in [0, 0.05) is 11.5 Å². The third-order valence-corrected chi connectivity index (χ3v) is 3.95. The van der Waals surface area contributed by atoms with Crippen molar-refractivity contribution >= 4 is 11.8 Å². The van der Waals surface area contributed by atoms with Crippen LogP contribution in [0.5, 0.6) is 0 Å². The molecule has 1 aliphatic rings. The highest BCUT2D eigenvalue weighted by molar-refractivity contribution is 7.99. The van der Waals surface area contributed by atoms with Crippen molar-refractivity contribution in [2.75, 3.05) is 18.1 Å². The smallest absolute Gasteiger partial charge is 0.232 e. The van der Waals surface area contributed by atoms with Crippen molar-refractivity contribution in [2.45, 2.75) is 19.4 Å². The molecule has 8 heteroatoms. The van der Waals surface area contributed by atoms with E-state index in [2.05, 4.69) is 21.4 Å². The summed E-state index contributed by atoms with van der Waals surface area (Å²) in [6.45, 7) is 2.39. The zero-order valence-corrected chi connectivity index (χ0v) is 11.6. The first-order valence-corrected chi connectivity index (χ1v) is 7.30. The Hall–Kier alpha value is -1.85. The summed E-state index contributed by atoms with van der Waals surface area (Å²) < 4.78 is 15.8. The van der Waals surface area contributed by atoms with Gasteiger partial charge in [-0.15, -0.1) is 0 Å². The first kappa shape index (κ1) is 13.1. The molecule has 1 fully saturated rings. The van der Waals surface area contributed by atoms with E-state index >= 15 is 0 Å². The number of hydrogen-bond donors (Lipinski definition) is 0. The van der Waals surface area contributed by atoms with Gasteiger partial charge in [-0.05, 0) is 6.92 Å². The van der Waals surface area contributed by atoms with E-state index < -0.39 is 0 Å². The molecule has 1 saturated heterocycles. The average molecular weight is 292 g/mol. The Morgan fingerprint density at radius 2 is 2.30 bits per heavy atom. The van der Waals surface area contributed by atoms with Crippen LogP contribution in [0.25, 0.3) is 0 Å². The van der Waals surface area contributed by atoms with Gasteiger partial charge in [0.25, 0.3) is 0 Å². The highest BCUT2D eigenvalue weighted by Gasteiger charge is 2.23. The summed E-state index contributed by atoms with van der Waals surface area (Å²) in [7, 11) is 0. The molecule has 0 saturated carbocycles. The van der Waals surface area contributed by atoms with Crippen molar-refractivity contribution in [1.29, 1.82) is 5.26 Å². The van der Waals surface area contributed by atoms with Gasteiger partial charge in [-0.3, -0.25) is 0 Å². The van der Waals surface area contributed by atoms with E-state index in [9.17, 15) is 0 Å². The monoisotopic (exact) mass is 292 g/mol. The van der Waals surface area contributed by atoms with Crippen molar-refractivity contribution < 1.29 is 13.8 Å². The number of rotatable bonds is 3. The first-order chi connectivity index (χ1) is 9.78. The molecule has 3 heterocycles. The highest BCUT2D eigenvalue weighted by Crippen LogP contribution is 2.25. The average Bonchev–Trinajstić information content (AvgIpc) is 3.08. The lowest BCUT2D eigenvalue weighted by Crippen LogP contribution is -2.16. The maximum Gasteiger partial charge on any atom is 0.232 e. The van der Waals surface area contributed by atoms with Gasteiger partial charge in [0.15, 0.2) is 5.76 Å². The fraction of sp³-hybridized carbons (Fsp3) is 0.500. The predicted molar refractivity (Wildman–Crippen MR) is 69.1 cm³/mol. The topological polar surface area (TPSA) is 98.0 Å². The van der Waals surface area contributed by atoms with Crippen molar-refractivity contribution in [3.63, 3.8) is 0 Å². The number of nitriles is 1. The molecule has 0 aromatic carbocycles. The summed E-state index contributed by atoms with van der Waals surface area (Å²) in [6, 6.07) is 2.06. The van der Waals surface area contributed by atoms with Gasteiger partial charge in [-0.25, -0.2) is 0 Å². The fourth-order valence-corrected chi connectivity index (χ4v) is 2.77. The van der Waals surface area contributed by atoms with Crippen molar-refractivity contribution in [1.82, 2.24) is 15.3 Å². The molecule has 2 aromatic heterocycles. The van der Waals surface area contributed by atoms with Crippen LogP contribution < -0.4 is 0 Å². The van der Waals surface area contributed by atoms with E-state index in [1.54, 1.807) is 18.7 Å². The second kappa shape index (κ2) is 5.64. The van der Waals surface area contributed by atoms with Crippen LogP contribution in [0.15, 0.2) is 9.05 Å². The van der Waals surface area contributed by atoms with Crippen LogP contribution in [0.3, 0.4) is 0 Å². The Bertz CT molecular complexity index is 639. The van der Waals surface area contributed by atoms with E-state index in [1.807, 2.05) is 0 Å². The van der Waals surface area contributed by atoms with Crippen LogP contribution in [0.2, 0.25) is 0 Å². The lowest BCUT2D eigenvalue weighted by Gasteiger charge is -2.18. The molecule has 0 amide bonds. The van der Waals surface area contributed by atoms with E-state index in [1.165, 1.54) is 0 Å². The van der Waals surface area contributed by atoms with Gasteiger partial charge in [0.2, 0.25) is 11.7 Å². The van der Waals surface area contributed by atoms with Gasteiger partial charge in [-0.1, -0.05) is 10.3 Å². The second-order valence-corrected chi connectivity index (χ2v) is 5.48. The van der Waals surface area contributed by atoms with Gasteiger partial charge >= 0.3 is 0 Å². The molecule has 1 unspecified atom stereocenters. The summed E-state index contributed by atoms with van der Waals surface area (Å²) in [4.78, 5) is 4.31. The summed E-state index contributed by atoms with van der Waals surface area (Å²) in [5.41, 5.74) is 0.938. The van der Waals surface area contributed by atoms with Crippen LogP contribution >= 0.6 is 11.8 Å². The molecule has 0 spiro atoms. The fourth-order valence-electron chi connectivity index (χ4n) is 1.93. The molecule has 7 nitrogen and oxygen atoms in total. The van der Waals surface area contributed by atoms with Gasteiger partial charge < -0.3 is 13.8 Å². The van der Waals surface area contributed by atoms with Gasteiger partial charge in [-0.2, -0.15) is 22.0 Å². The maximum atomic E-state index is 9.04. The van der Waals surface area contributed by atoms with Crippen molar-refractivity contribution in [3.05, 3.63) is 28.7 Å². The lowest BCUT2D eigenvalue weighted by atomic mass is 10.2. The van der Waals surface area contributed by atoms with Crippen LogP contribution in [-0.4, -0.2) is 33.4 Å². The zero-order chi connectivity index (χ0) is 13.9. The molecule has 104 valence electrons. The minimum Gasteiger partial charge on any atom is -0.368 e. The Morgan fingerprint density at radius 3 is 3.05 bits per heavy atom. The third-order valence-electron chi connectivity index (χ3n) is 2.95. The Morgan fingerprint density at radius 1 is 1.40 bits per heavy atom. The van der Waals surface area contributed by atoms with E-state index in [-0.39, 0.29) is 12.5 Å². The second-order valence-electron chi connectivity index (χ2n) is 4.33. The summed E-state index contributed by atoms with van der Waals surface area (Å²) in [5.74, 6) is 3.26. The minimum absolute atomic E-state index is 0.124. The molecule has 3 rings (SSSR count). The lowest BCUT2D eigenvalue weighted by molar-refractivity contribution is 0.0677. The molecule has 0 bridgehead atoms. The molecule has 1 atom stereocenters. The van der Waals surface area contributed by atoms with E-state index in [0.29, 0.717) is 35.3 Å². The van der Waals surface area contributed by atoms with Gasteiger partial charge in [0.05, 0.1) is 13.0 Å². The summed E-state index contributed by atoms with van der Waals surface area (Å²) in [6.07, 6.45) is 0.160. The highest BCUT2D eigenvalue weighted by atomic mass is 32.2. The number of nitrogens with zero attached hydrogens (tertiary/aromatic N) is 4. The molecule has 2 aromatic rings. The van der Waals surface area contributed by atoms with Crippen LogP contribution in [0.4, 0.5) is 0 Å². The van der Waals surface area contributed by atoms with Crippen LogP contribution in [-0.2, 0) is 11.2 Å². The molecule has 0 aliphatic carbocycles. The SMILES string of the molecule is Cc1onc(Cc2nc(C3CSCCO3)no2)c1C#N.